The van der Waals surface area contributed by atoms with Gasteiger partial charge in [-0.25, -0.2) is 0 Å². The maximum absolute atomic E-state index is 11.8. The van der Waals surface area contributed by atoms with Gasteiger partial charge in [0.1, 0.15) is 0 Å². The summed E-state index contributed by atoms with van der Waals surface area (Å²) in [5, 5.41) is 11.6. The lowest BCUT2D eigenvalue weighted by atomic mass is 10.0. The Bertz CT molecular complexity index is 587. The second kappa shape index (κ2) is 6.25. The molecular formula is C14H13Cl2N3O. The minimum Gasteiger partial charge on any atom is -0.352 e. The van der Waals surface area contributed by atoms with Crippen LogP contribution in [0.2, 0.25) is 10.0 Å². The fraction of sp³-hybridized carbons (Fsp3) is 0.357. The van der Waals surface area contributed by atoms with Crippen LogP contribution in [0.1, 0.15) is 24.8 Å². The smallest absolute Gasteiger partial charge is 0.224 e. The zero-order chi connectivity index (χ0) is 14.6. The van der Waals surface area contributed by atoms with Gasteiger partial charge >= 0.3 is 0 Å². The number of nitrogens with one attached hydrogen (secondary N) is 1. The highest BCUT2D eigenvalue weighted by atomic mass is 35.5. The minimum absolute atomic E-state index is 0.113. The van der Waals surface area contributed by atoms with E-state index in [0.717, 1.165) is 5.56 Å². The number of benzene rings is 1. The van der Waals surface area contributed by atoms with Crippen molar-refractivity contribution in [2.45, 2.75) is 31.5 Å². The van der Waals surface area contributed by atoms with Crippen molar-refractivity contribution in [2.24, 2.45) is 10.2 Å². The molecule has 0 spiro atoms. The zero-order valence-electron chi connectivity index (χ0n) is 10.7. The van der Waals surface area contributed by atoms with Gasteiger partial charge in [-0.05, 0) is 17.7 Å². The number of terminal acetylenes is 1. The molecule has 1 heterocycles. The number of hydrogen-bond acceptors (Lipinski definition) is 3. The molecule has 1 amide bonds. The van der Waals surface area contributed by atoms with Crippen LogP contribution >= 0.6 is 23.2 Å². The molecule has 20 heavy (non-hydrogen) atoms. The number of hydrogen-bond donors (Lipinski definition) is 1. The van der Waals surface area contributed by atoms with Gasteiger partial charge < -0.3 is 5.32 Å². The Morgan fingerprint density at radius 2 is 2.10 bits per heavy atom. The van der Waals surface area contributed by atoms with Crippen molar-refractivity contribution in [1.82, 2.24) is 5.32 Å². The van der Waals surface area contributed by atoms with Crippen LogP contribution in [-0.4, -0.2) is 11.6 Å². The summed E-state index contributed by atoms with van der Waals surface area (Å²) >= 11 is 11.7. The van der Waals surface area contributed by atoms with Crippen LogP contribution in [-0.2, 0) is 11.3 Å². The summed E-state index contributed by atoms with van der Waals surface area (Å²) < 4.78 is 0. The Morgan fingerprint density at radius 3 is 2.70 bits per heavy atom. The van der Waals surface area contributed by atoms with Crippen molar-refractivity contribution in [1.29, 1.82) is 0 Å². The third-order valence-electron chi connectivity index (χ3n) is 2.97. The molecule has 0 fully saturated rings. The first-order valence-corrected chi connectivity index (χ1v) is 6.88. The predicted octanol–water partition coefficient (Wildman–Crippen LogP) is 3.58. The first-order chi connectivity index (χ1) is 9.54. The molecule has 1 aromatic rings. The summed E-state index contributed by atoms with van der Waals surface area (Å²) in [5.41, 5.74) is 0.295. The molecular weight excluding hydrogens is 297 g/mol. The number of carbonyl (C=O) groups is 1. The summed E-state index contributed by atoms with van der Waals surface area (Å²) in [6.07, 6.45) is 6.61. The lowest BCUT2D eigenvalue weighted by Gasteiger charge is -2.10. The highest BCUT2D eigenvalue weighted by Crippen LogP contribution is 2.36. The van der Waals surface area contributed by atoms with Crippen molar-refractivity contribution in [2.75, 3.05) is 0 Å². The fourth-order valence-corrected chi connectivity index (χ4v) is 2.09. The fourth-order valence-electron chi connectivity index (χ4n) is 1.77. The van der Waals surface area contributed by atoms with Crippen LogP contribution in [0.25, 0.3) is 0 Å². The Kier molecular flexibility index (Phi) is 4.64. The third kappa shape index (κ3) is 3.96. The SMILES string of the molecule is C#CCCC1(CC(=O)NCc2ccc(Cl)c(Cl)c2)N=N1. The Hall–Kier alpha value is -1.57. The highest BCUT2D eigenvalue weighted by Gasteiger charge is 2.41. The van der Waals surface area contributed by atoms with E-state index < -0.39 is 5.66 Å². The first-order valence-electron chi connectivity index (χ1n) is 6.13. The molecule has 0 atom stereocenters. The van der Waals surface area contributed by atoms with E-state index >= 15 is 0 Å². The predicted molar refractivity (Wildman–Crippen MR) is 78.6 cm³/mol. The van der Waals surface area contributed by atoms with E-state index in [1.165, 1.54) is 0 Å². The van der Waals surface area contributed by atoms with E-state index in [9.17, 15) is 4.79 Å². The molecule has 1 aliphatic rings. The van der Waals surface area contributed by atoms with Gasteiger partial charge in [0.15, 0.2) is 0 Å². The van der Waals surface area contributed by atoms with Gasteiger partial charge in [0.2, 0.25) is 11.6 Å². The van der Waals surface area contributed by atoms with E-state index in [2.05, 4.69) is 21.5 Å². The average Bonchev–Trinajstić information content (AvgIpc) is 3.18. The molecule has 0 radical (unpaired) electrons. The Labute approximate surface area is 127 Å². The van der Waals surface area contributed by atoms with Gasteiger partial charge in [-0.1, -0.05) is 29.3 Å². The topological polar surface area (TPSA) is 53.8 Å². The van der Waals surface area contributed by atoms with Crippen LogP contribution in [0, 0.1) is 12.3 Å². The van der Waals surface area contributed by atoms with Gasteiger partial charge in [-0.15, -0.1) is 12.3 Å². The van der Waals surface area contributed by atoms with Crippen LogP contribution in [0.5, 0.6) is 0 Å². The van der Waals surface area contributed by atoms with Crippen molar-refractivity contribution >= 4 is 29.1 Å². The van der Waals surface area contributed by atoms with Gasteiger partial charge in [0, 0.05) is 19.4 Å². The summed E-state index contributed by atoms with van der Waals surface area (Å²) in [5.74, 6) is 2.41. The van der Waals surface area contributed by atoms with Crippen molar-refractivity contribution in [3.05, 3.63) is 33.8 Å². The molecule has 0 aromatic heterocycles. The second-order valence-corrected chi connectivity index (χ2v) is 5.40. The summed E-state index contributed by atoms with van der Waals surface area (Å²) in [6.45, 7) is 0.390. The van der Waals surface area contributed by atoms with Crippen LogP contribution in [0.15, 0.2) is 28.4 Å². The molecule has 0 bridgehead atoms. The number of amides is 1. The summed E-state index contributed by atoms with van der Waals surface area (Å²) in [7, 11) is 0. The van der Waals surface area contributed by atoms with Crippen LogP contribution < -0.4 is 5.32 Å². The first kappa shape index (κ1) is 14.8. The van der Waals surface area contributed by atoms with Crippen molar-refractivity contribution < 1.29 is 4.79 Å². The largest absolute Gasteiger partial charge is 0.352 e. The molecule has 2 rings (SSSR count). The molecule has 0 saturated carbocycles. The van der Waals surface area contributed by atoms with Crippen LogP contribution in [0.4, 0.5) is 0 Å². The zero-order valence-corrected chi connectivity index (χ0v) is 12.2. The molecule has 1 aliphatic heterocycles. The van der Waals surface area contributed by atoms with E-state index in [1.54, 1.807) is 12.1 Å². The standard InChI is InChI=1S/C14H13Cl2N3O/c1-2-3-6-14(18-19-14)8-13(20)17-9-10-4-5-11(15)12(16)7-10/h1,4-5,7H,3,6,8-9H2,(H,17,20). The molecule has 1 N–H and O–H groups in total. The second-order valence-electron chi connectivity index (χ2n) is 4.59. The molecule has 104 valence electrons. The van der Waals surface area contributed by atoms with E-state index in [4.69, 9.17) is 29.6 Å². The molecule has 1 aromatic carbocycles. The minimum atomic E-state index is -0.589. The molecule has 0 saturated heterocycles. The maximum Gasteiger partial charge on any atom is 0.224 e. The molecule has 4 nitrogen and oxygen atoms in total. The van der Waals surface area contributed by atoms with Gasteiger partial charge in [-0.2, -0.15) is 10.2 Å². The average molecular weight is 310 g/mol. The lowest BCUT2D eigenvalue weighted by molar-refractivity contribution is -0.121. The van der Waals surface area contributed by atoms with Crippen molar-refractivity contribution in [3.63, 3.8) is 0 Å². The van der Waals surface area contributed by atoms with Gasteiger partial charge in [0.05, 0.1) is 16.5 Å². The number of rotatable bonds is 6. The monoisotopic (exact) mass is 309 g/mol. The maximum atomic E-state index is 11.8. The van der Waals surface area contributed by atoms with E-state index in [0.29, 0.717) is 29.4 Å². The Balaban J connectivity index is 1.81. The third-order valence-corrected chi connectivity index (χ3v) is 3.71. The lowest BCUT2D eigenvalue weighted by Crippen LogP contribution is -2.28. The molecule has 0 unspecified atom stereocenters. The molecule has 6 heteroatoms. The summed E-state index contributed by atoms with van der Waals surface area (Å²) in [4.78, 5) is 11.8. The highest BCUT2D eigenvalue weighted by molar-refractivity contribution is 6.42. The number of carbonyl (C=O) groups excluding carboxylic acids is 1. The number of halogens is 2. The number of nitrogens with zero attached hydrogens (tertiary/aromatic N) is 2. The Morgan fingerprint density at radius 1 is 1.35 bits per heavy atom. The van der Waals surface area contributed by atoms with Gasteiger partial charge in [0.25, 0.3) is 0 Å². The van der Waals surface area contributed by atoms with E-state index in [1.807, 2.05) is 6.07 Å². The summed E-state index contributed by atoms with van der Waals surface area (Å²) in [6, 6.07) is 5.24. The normalized spacial score (nSPS) is 14.7. The van der Waals surface area contributed by atoms with Crippen molar-refractivity contribution in [3.8, 4) is 12.3 Å². The molecule has 0 aliphatic carbocycles. The quantitative estimate of drug-likeness (QED) is 0.802. The van der Waals surface area contributed by atoms with Gasteiger partial charge in [-0.3, -0.25) is 4.79 Å². The van der Waals surface area contributed by atoms with E-state index in [-0.39, 0.29) is 12.3 Å². The van der Waals surface area contributed by atoms with Crippen LogP contribution in [0.3, 0.4) is 0 Å².